The fourth-order valence-electron chi connectivity index (χ4n) is 2.70. The lowest BCUT2D eigenvalue weighted by Crippen LogP contribution is -2.44. The summed E-state index contributed by atoms with van der Waals surface area (Å²) in [5, 5.41) is 8.15. The van der Waals surface area contributed by atoms with E-state index in [1.807, 2.05) is 6.07 Å². The first-order valence-corrected chi connectivity index (χ1v) is 7.74. The third kappa shape index (κ3) is 3.18. The monoisotopic (exact) mass is 334 g/mol. The third-order valence-corrected chi connectivity index (χ3v) is 3.97. The standard InChI is InChI=1S/C17H19ClN2O3/c1-16(2,3)23-15(22)20-13-8-6-5-7-12(13)17(4,14(20)21)9-11(18)10-19/h5-8,11H,9H2,1-4H3. The summed E-state index contributed by atoms with van der Waals surface area (Å²) in [5.74, 6) is -0.422. The van der Waals surface area contributed by atoms with E-state index in [0.717, 1.165) is 4.90 Å². The largest absolute Gasteiger partial charge is 0.443 e. The molecule has 0 aromatic heterocycles. The smallest absolute Gasteiger partial charge is 0.421 e. The van der Waals surface area contributed by atoms with Crippen LogP contribution in [-0.2, 0) is 14.9 Å². The Balaban J connectivity index is 2.47. The number of hydrogen-bond donors (Lipinski definition) is 0. The normalized spacial score (nSPS) is 21.6. The van der Waals surface area contributed by atoms with Gasteiger partial charge in [0.05, 0.1) is 17.2 Å². The summed E-state index contributed by atoms with van der Waals surface area (Å²) in [5.41, 5.74) is -0.587. The Morgan fingerprint density at radius 1 is 1.43 bits per heavy atom. The van der Waals surface area contributed by atoms with Gasteiger partial charge in [-0.3, -0.25) is 4.79 Å². The van der Waals surface area contributed by atoms with Gasteiger partial charge in [-0.1, -0.05) is 18.2 Å². The van der Waals surface area contributed by atoms with Crippen molar-refractivity contribution in [2.24, 2.45) is 0 Å². The zero-order valence-electron chi connectivity index (χ0n) is 13.6. The van der Waals surface area contributed by atoms with Crippen LogP contribution in [0.1, 0.15) is 39.7 Å². The number of carbonyl (C=O) groups is 2. The first-order chi connectivity index (χ1) is 10.6. The van der Waals surface area contributed by atoms with Crippen molar-refractivity contribution in [3.05, 3.63) is 29.8 Å². The Hall–Kier alpha value is -2.06. The molecule has 1 heterocycles. The SMILES string of the molecule is CC(C)(C)OC(=O)N1C(=O)C(C)(CC(Cl)C#N)c2ccccc21. The topological polar surface area (TPSA) is 70.4 Å². The second kappa shape index (κ2) is 5.86. The summed E-state index contributed by atoms with van der Waals surface area (Å²) in [4.78, 5) is 26.4. The zero-order valence-corrected chi connectivity index (χ0v) is 14.3. The molecule has 0 spiro atoms. The Kier molecular flexibility index (Phi) is 4.41. The summed E-state index contributed by atoms with van der Waals surface area (Å²) >= 11 is 5.95. The molecular weight excluding hydrogens is 316 g/mol. The van der Waals surface area contributed by atoms with E-state index < -0.39 is 28.4 Å². The molecule has 1 aliphatic heterocycles. The highest BCUT2D eigenvalue weighted by molar-refractivity contribution is 6.24. The summed E-state index contributed by atoms with van der Waals surface area (Å²) in [6.45, 7) is 6.91. The highest BCUT2D eigenvalue weighted by Gasteiger charge is 2.51. The fourth-order valence-corrected chi connectivity index (χ4v) is 3.01. The van der Waals surface area contributed by atoms with Gasteiger partial charge in [-0.2, -0.15) is 5.26 Å². The van der Waals surface area contributed by atoms with Gasteiger partial charge in [-0.15, -0.1) is 11.6 Å². The lowest BCUT2D eigenvalue weighted by atomic mass is 9.79. The van der Waals surface area contributed by atoms with Crippen molar-refractivity contribution in [2.45, 2.75) is 50.5 Å². The summed E-state index contributed by atoms with van der Waals surface area (Å²) in [7, 11) is 0. The minimum absolute atomic E-state index is 0.125. The molecule has 0 N–H and O–H groups in total. The Bertz CT molecular complexity index is 690. The first-order valence-electron chi connectivity index (χ1n) is 7.31. The number of ether oxygens (including phenoxy) is 1. The van der Waals surface area contributed by atoms with Gasteiger partial charge < -0.3 is 4.74 Å². The van der Waals surface area contributed by atoms with Gasteiger partial charge in [-0.05, 0) is 45.7 Å². The predicted octanol–water partition coefficient (Wildman–Crippen LogP) is 3.75. The predicted molar refractivity (Wildman–Crippen MR) is 87.4 cm³/mol. The van der Waals surface area contributed by atoms with E-state index in [-0.39, 0.29) is 6.42 Å². The number of para-hydroxylation sites is 1. The Labute approximate surface area is 140 Å². The van der Waals surface area contributed by atoms with Crippen LogP contribution < -0.4 is 4.90 Å². The second-order valence-electron chi connectivity index (χ2n) is 6.77. The van der Waals surface area contributed by atoms with Crippen molar-refractivity contribution in [1.82, 2.24) is 0 Å². The molecule has 1 aliphatic rings. The molecule has 2 rings (SSSR count). The minimum Gasteiger partial charge on any atom is -0.443 e. The van der Waals surface area contributed by atoms with Gasteiger partial charge in [0.15, 0.2) is 0 Å². The van der Waals surface area contributed by atoms with E-state index in [0.29, 0.717) is 11.3 Å². The molecule has 2 atom stereocenters. The molecule has 1 aromatic carbocycles. The lowest BCUT2D eigenvalue weighted by Gasteiger charge is -2.26. The summed E-state index contributed by atoms with van der Waals surface area (Å²) in [6, 6.07) is 8.94. The number of imide groups is 1. The van der Waals surface area contributed by atoms with Crippen molar-refractivity contribution in [1.29, 1.82) is 5.26 Å². The van der Waals surface area contributed by atoms with Crippen molar-refractivity contribution in [3.8, 4) is 6.07 Å². The molecule has 5 nitrogen and oxygen atoms in total. The molecule has 0 saturated heterocycles. The van der Waals surface area contributed by atoms with Crippen LogP contribution in [0.2, 0.25) is 0 Å². The van der Waals surface area contributed by atoms with Gasteiger partial charge >= 0.3 is 6.09 Å². The maximum Gasteiger partial charge on any atom is 0.421 e. The molecule has 0 radical (unpaired) electrons. The first kappa shape index (κ1) is 17.3. The van der Waals surface area contributed by atoms with Crippen LogP contribution in [0, 0.1) is 11.3 Å². The molecule has 0 aliphatic carbocycles. The number of rotatable bonds is 2. The van der Waals surface area contributed by atoms with Crippen LogP contribution in [0.5, 0.6) is 0 Å². The Morgan fingerprint density at radius 2 is 2.04 bits per heavy atom. The average molecular weight is 335 g/mol. The van der Waals surface area contributed by atoms with Crippen LogP contribution in [0.3, 0.4) is 0 Å². The molecule has 1 aromatic rings. The lowest BCUT2D eigenvalue weighted by molar-refractivity contribution is -0.122. The fraction of sp³-hybridized carbons (Fsp3) is 0.471. The number of nitriles is 1. The maximum absolute atomic E-state index is 12.9. The van der Waals surface area contributed by atoms with Crippen molar-refractivity contribution < 1.29 is 14.3 Å². The van der Waals surface area contributed by atoms with Crippen LogP contribution >= 0.6 is 11.6 Å². The van der Waals surface area contributed by atoms with E-state index in [9.17, 15) is 9.59 Å². The molecular formula is C17H19ClN2O3. The Morgan fingerprint density at radius 3 is 2.61 bits per heavy atom. The van der Waals surface area contributed by atoms with Gasteiger partial charge in [0, 0.05) is 0 Å². The molecule has 0 bridgehead atoms. The molecule has 0 saturated carbocycles. The zero-order chi connectivity index (χ0) is 17.4. The van der Waals surface area contributed by atoms with Crippen LogP contribution in [0.4, 0.5) is 10.5 Å². The van der Waals surface area contributed by atoms with Gasteiger partial charge in [-0.25, -0.2) is 9.69 Å². The van der Waals surface area contributed by atoms with Crippen molar-refractivity contribution >= 4 is 29.3 Å². The summed E-state index contributed by atoms with van der Waals surface area (Å²) in [6.07, 6.45) is -0.595. The number of hydrogen-bond acceptors (Lipinski definition) is 4. The summed E-state index contributed by atoms with van der Waals surface area (Å²) < 4.78 is 5.34. The number of carbonyl (C=O) groups excluding carboxylic acids is 2. The number of amides is 2. The average Bonchev–Trinajstić information content (AvgIpc) is 2.66. The van der Waals surface area contributed by atoms with Gasteiger partial charge in [0.1, 0.15) is 11.0 Å². The van der Waals surface area contributed by atoms with E-state index in [2.05, 4.69) is 0 Å². The van der Waals surface area contributed by atoms with Gasteiger partial charge in [0.2, 0.25) is 5.91 Å². The van der Waals surface area contributed by atoms with E-state index in [1.54, 1.807) is 52.0 Å². The molecule has 23 heavy (non-hydrogen) atoms. The third-order valence-electron chi connectivity index (χ3n) is 3.72. The number of benzene rings is 1. The van der Waals surface area contributed by atoms with Crippen LogP contribution in [0.15, 0.2) is 24.3 Å². The van der Waals surface area contributed by atoms with Crippen molar-refractivity contribution in [3.63, 3.8) is 0 Å². The molecule has 2 unspecified atom stereocenters. The van der Waals surface area contributed by atoms with E-state index in [1.165, 1.54) is 0 Å². The van der Waals surface area contributed by atoms with Crippen LogP contribution in [-0.4, -0.2) is 23.0 Å². The van der Waals surface area contributed by atoms with Crippen molar-refractivity contribution in [2.75, 3.05) is 4.90 Å². The highest BCUT2D eigenvalue weighted by Crippen LogP contribution is 2.45. The molecule has 2 amide bonds. The minimum atomic E-state index is -1.03. The van der Waals surface area contributed by atoms with Gasteiger partial charge in [0.25, 0.3) is 0 Å². The molecule has 122 valence electrons. The van der Waals surface area contributed by atoms with Crippen LogP contribution in [0.25, 0.3) is 0 Å². The number of anilines is 1. The maximum atomic E-state index is 12.9. The second-order valence-corrected chi connectivity index (χ2v) is 7.30. The molecule has 0 fully saturated rings. The van der Waals surface area contributed by atoms with E-state index >= 15 is 0 Å². The number of fused-ring (bicyclic) bond motifs is 1. The quantitative estimate of drug-likeness (QED) is 0.772. The number of nitrogens with zero attached hydrogens (tertiary/aromatic N) is 2. The number of halogens is 1. The van der Waals surface area contributed by atoms with E-state index in [4.69, 9.17) is 21.6 Å². The molecule has 6 heteroatoms. The highest BCUT2D eigenvalue weighted by atomic mass is 35.5. The number of alkyl halides is 1.